The van der Waals surface area contributed by atoms with Crippen molar-refractivity contribution in [1.82, 2.24) is 0 Å². The molecule has 0 atom stereocenters. The van der Waals surface area contributed by atoms with Gasteiger partial charge in [0.05, 0.1) is 5.41 Å². The molecule has 304 valence electrons. The number of anilines is 3. The molecule has 0 saturated heterocycles. The fourth-order valence-corrected chi connectivity index (χ4v) is 12.1. The van der Waals surface area contributed by atoms with Gasteiger partial charge in [0.15, 0.2) is 23.0 Å². The van der Waals surface area contributed by atoms with Crippen LogP contribution in [0.2, 0.25) is 0 Å². The van der Waals surface area contributed by atoms with Gasteiger partial charge in [-0.1, -0.05) is 164 Å². The fraction of sp³-hybridized carbons (Fsp3) is 0.0164. The van der Waals surface area contributed by atoms with Crippen LogP contribution in [0.4, 0.5) is 17.1 Å². The van der Waals surface area contributed by atoms with E-state index in [2.05, 4.69) is 229 Å². The van der Waals surface area contributed by atoms with Crippen LogP contribution in [-0.4, -0.2) is 0 Å². The topological polar surface area (TPSA) is 21.7 Å². The summed E-state index contributed by atoms with van der Waals surface area (Å²) in [6.07, 6.45) is 0. The van der Waals surface area contributed by atoms with Gasteiger partial charge in [0.25, 0.3) is 0 Å². The maximum Gasteiger partial charge on any atom is 0.178 e. The first-order valence-corrected chi connectivity index (χ1v) is 23.0. The molecule has 65 heavy (non-hydrogen) atoms. The molecule has 11 aromatic rings. The zero-order valence-corrected chi connectivity index (χ0v) is 35.9. The minimum Gasteiger partial charge on any atom is -0.449 e. The SMILES string of the molecule is c1ccc(-c2ccc(N(c3ccc(-c4ccc5c(c4)Oc4ccc6c(c4O5)-c4ccccc4C64c5ccccc5-c5ccccc54)cc3)c3ccc4c(c3)sc3ccccc34)cc2)cc1. The van der Waals surface area contributed by atoms with Crippen molar-refractivity contribution in [2.24, 2.45) is 0 Å². The van der Waals surface area contributed by atoms with Gasteiger partial charge < -0.3 is 14.4 Å². The van der Waals surface area contributed by atoms with Crippen molar-refractivity contribution in [3.63, 3.8) is 0 Å². The number of nitrogens with zero attached hydrogens (tertiary/aromatic N) is 1. The summed E-state index contributed by atoms with van der Waals surface area (Å²) in [7, 11) is 0. The minimum absolute atomic E-state index is 0.444. The first-order chi connectivity index (χ1) is 32.2. The molecule has 2 aliphatic carbocycles. The highest BCUT2D eigenvalue weighted by Crippen LogP contribution is 2.66. The van der Waals surface area contributed by atoms with E-state index in [1.807, 2.05) is 11.3 Å². The molecule has 4 heteroatoms. The van der Waals surface area contributed by atoms with Crippen LogP contribution in [0.15, 0.2) is 224 Å². The van der Waals surface area contributed by atoms with Crippen LogP contribution in [0.25, 0.3) is 64.7 Å². The summed E-state index contributed by atoms with van der Waals surface area (Å²) >= 11 is 1.84. The Labute approximate surface area is 380 Å². The van der Waals surface area contributed by atoms with Crippen LogP contribution in [0.5, 0.6) is 23.0 Å². The highest BCUT2D eigenvalue weighted by atomic mass is 32.1. The van der Waals surface area contributed by atoms with Crippen LogP contribution < -0.4 is 14.4 Å². The predicted molar refractivity (Wildman–Crippen MR) is 268 cm³/mol. The molecular formula is C61H37NO2S. The third-order valence-electron chi connectivity index (χ3n) is 13.8. The summed E-state index contributed by atoms with van der Waals surface area (Å²) in [5.41, 5.74) is 17.3. The Hall–Kier alpha value is -8.18. The Kier molecular flexibility index (Phi) is 7.77. The lowest BCUT2D eigenvalue weighted by Crippen LogP contribution is -2.25. The summed E-state index contributed by atoms with van der Waals surface area (Å²) in [4.78, 5) is 2.35. The van der Waals surface area contributed by atoms with Crippen LogP contribution in [0, 0.1) is 0 Å². The number of benzene rings is 10. The third-order valence-corrected chi connectivity index (χ3v) is 14.9. The number of fused-ring (bicyclic) bond motifs is 16. The number of thiophene rings is 1. The van der Waals surface area contributed by atoms with E-state index in [1.165, 1.54) is 70.2 Å². The lowest BCUT2D eigenvalue weighted by Gasteiger charge is -2.31. The van der Waals surface area contributed by atoms with E-state index in [9.17, 15) is 0 Å². The number of ether oxygens (including phenoxy) is 2. The summed E-state index contributed by atoms with van der Waals surface area (Å²) in [5.74, 6) is 2.90. The van der Waals surface area contributed by atoms with Gasteiger partial charge in [0.1, 0.15) is 0 Å². The lowest BCUT2D eigenvalue weighted by molar-refractivity contribution is 0.360. The number of hydrogen-bond donors (Lipinski definition) is 0. The zero-order chi connectivity index (χ0) is 42.6. The molecule has 3 aliphatic rings. The molecule has 1 aliphatic heterocycles. The van der Waals surface area contributed by atoms with Gasteiger partial charge in [-0.3, -0.25) is 0 Å². The van der Waals surface area contributed by atoms with Gasteiger partial charge in [-0.2, -0.15) is 0 Å². The normalized spacial score (nSPS) is 13.3. The molecule has 10 aromatic carbocycles. The quantitative estimate of drug-likeness (QED) is 0.172. The van der Waals surface area contributed by atoms with Gasteiger partial charge in [-0.05, 0) is 122 Å². The first-order valence-electron chi connectivity index (χ1n) is 22.1. The Bertz CT molecular complexity index is 3670. The van der Waals surface area contributed by atoms with Crippen molar-refractivity contribution in [2.45, 2.75) is 5.41 Å². The average Bonchev–Trinajstić information content (AvgIpc) is 4.00. The van der Waals surface area contributed by atoms with E-state index < -0.39 is 5.41 Å². The van der Waals surface area contributed by atoms with E-state index in [-0.39, 0.29) is 0 Å². The van der Waals surface area contributed by atoms with Crippen molar-refractivity contribution in [2.75, 3.05) is 4.90 Å². The van der Waals surface area contributed by atoms with E-state index in [0.29, 0.717) is 11.5 Å². The second-order valence-electron chi connectivity index (χ2n) is 17.1. The number of hydrogen-bond acceptors (Lipinski definition) is 4. The van der Waals surface area contributed by atoms with Crippen molar-refractivity contribution in [3.8, 4) is 67.5 Å². The number of rotatable bonds is 5. The molecule has 0 unspecified atom stereocenters. The summed E-state index contributed by atoms with van der Waals surface area (Å²) in [6, 6.07) is 81.1. The van der Waals surface area contributed by atoms with Gasteiger partial charge in [0, 0.05) is 42.8 Å². The van der Waals surface area contributed by atoms with E-state index in [4.69, 9.17) is 9.47 Å². The second kappa shape index (κ2) is 13.9. The van der Waals surface area contributed by atoms with Crippen molar-refractivity contribution in [3.05, 3.63) is 247 Å². The smallest absolute Gasteiger partial charge is 0.178 e. The molecule has 0 fully saturated rings. The average molecular weight is 848 g/mol. The molecule has 14 rings (SSSR count). The monoisotopic (exact) mass is 847 g/mol. The molecule has 3 nitrogen and oxygen atoms in total. The van der Waals surface area contributed by atoms with Gasteiger partial charge in [-0.15, -0.1) is 11.3 Å². The second-order valence-corrected chi connectivity index (χ2v) is 18.2. The van der Waals surface area contributed by atoms with E-state index >= 15 is 0 Å². The molecule has 0 saturated carbocycles. The molecule has 0 bridgehead atoms. The predicted octanol–water partition coefficient (Wildman–Crippen LogP) is 17.1. The molecule has 1 spiro atoms. The molecule has 0 amide bonds. The highest BCUT2D eigenvalue weighted by molar-refractivity contribution is 7.25. The molecular weight excluding hydrogens is 811 g/mol. The third kappa shape index (κ3) is 5.29. The Morgan fingerprint density at radius 3 is 1.60 bits per heavy atom. The Morgan fingerprint density at radius 1 is 0.338 bits per heavy atom. The van der Waals surface area contributed by atoms with Crippen molar-refractivity contribution >= 4 is 48.6 Å². The summed E-state index contributed by atoms with van der Waals surface area (Å²) < 4.78 is 16.3. The van der Waals surface area contributed by atoms with Crippen LogP contribution >= 0.6 is 11.3 Å². The van der Waals surface area contributed by atoms with Gasteiger partial charge >= 0.3 is 0 Å². The highest BCUT2D eigenvalue weighted by Gasteiger charge is 2.53. The lowest BCUT2D eigenvalue weighted by atomic mass is 9.70. The first kappa shape index (κ1) is 36.3. The molecule has 0 radical (unpaired) electrons. The molecule has 1 aromatic heterocycles. The standard InChI is InChI=1S/C61H37NO2S/c1-2-12-38(13-3-1)39-22-27-42(28-23-39)62(44-31-32-48-47-16-7-11-21-57(47)65-58(48)37-44)43-29-24-40(25-30-43)41-26-34-54-56(36-41)63-55-35-33-53-59(60(55)64-54)49-17-6-10-20-52(49)61(53)50-18-8-4-14-45(50)46-15-5-9-19-51(46)61/h1-37H. The van der Waals surface area contributed by atoms with Crippen LogP contribution in [-0.2, 0) is 5.41 Å². The largest absolute Gasteiger partial charge is 0.449 e. The summed E-state index contributed by atoms with van der Waals surface area (Å²) in [6.45, 7) is 0. The van der Waals surface area contributed by atoms with E-state index in [1.54, 1.807) is 0 Å². The van der Waals surface area contributed by atoms with Gasteiger partial charge in [0.2, 0.25) is 0 Å². The molecule has 2 heterocycles. The maximum absolute atomic E-state index is 6.95. The fourth-order valence-electron chi connectivity index (χ4n) is 10.9. The van der Waals surface area contributed by atoms with Crippen molar-refractivity contribution in [1.29, 1.82) is 0 Å². The van der Waals surface area contributed by atoms with Crippen LogP contribution in [0.1, 0.15) is 22.3 Å². The van der Waals surface area contributed by atoms with Crippen molar-refractivity contribution < 1.29 is 9.47 Å². The van der Waals surface area contributed by atoms with Crippen LogP contribution in [0.3, 0.4) is 0 Å². The Morgan fingerprint density at radius 2 is 0.877 bits per heavy atom. The maximum atomic E-state index is 6.95. The molecule has 0 N–H and O–H groups in total. The zero-order valence-electron chi connectivity index (χ0n) is 35.0. The summed E-state index contributed by atoms with van der Waals surface area (Å²) in [5, 5.41) is 2.59. The minimum atomic E-state index is -0.444. The van der Waals surface area contributed by atoms with E-state index in [0.717, 1.165) is 45.3 Å². The Balaban J connectivity index is 0.821. The van der Waals surface area contributed by atoms with Gasteiger partial charge in [-0.25, -0.2) is 0 Å².